The van der Waals surface area contributed by atoms with Gasteiger partial charge in [-0.1, -0.05) is 19.3 Å². The summed E-state index contributed by atoms with van der Waals surface area (Å²) in [7, 11) is -3.29. The Balaban J connectivity index is 1.40. The van der Waals surface area contributed by atoms with Crippen LogP contribution in [0.15, 0.2) is 24.3 Å². The van der Waals surface area contributed by atoms with E-state index >= 15 is 0 Å². The number of benzene rings is 1. The van der Waals surface area contributed by atoms with Crippen LogP contribution in [-0.4, -0.2) is 37.7 Å². The maximum absolute atomic E-state index is 12.4. The number of carbonyl (C=O) groups excluding carboxylic acids is 1. The van der Waals surface area contributed by atoms with Gasteiger partial charge in [-0.05, 0) is 89.5 Å². The number of hydrogen-bond donors (Lipinski definition) is 3. The maximum Gasteiger partial charge on any atom is 0.251 e. The van der Waals surface area contributed by atoms with Crippen LogP contribution < -0.4 is 15.4 Å². The largest absolute Gasteiger partial charge is 0.385 e. The minimum absolute atomic E-state index is 0.0227. The molecule has 2 aliphatic rings. The average molecular weight is 450 g/mol. The molecule has 3 rings (SSSR count). The van der Waals surface area contributed by atoms with E-state index in [1.807, 2.05) is 24.3 Å². The molecule has 1 aromatic rings. The lowest BCUT2D eigenvalue weighted by Gasteiger charge is -2.31. The SMILES string of the molecule is CC(C)(C)S(=O)(=O)NC1CCC(CNc2ccc(C(=O)NC3CCCCC3)cc2)CC1. The third-order valence-corrected chi connectivity index (χ3v) is 8.91. The highest BCUT2D eigenvalue weighted by Gasteiger charge is 2.32. The minimum Gasteiger partial charge on any atom is -0.385 e. The summed E-state index contributed by atoms with van der Waals surface area (Å²) >= 11 is 0. The molecule has 0 radical (unpaired) electrons. The minimum atomic E-state index is -3.29. The van der Waals surface area contributed by atoms with Gasteiger partial charge in [-0.15, -0.1) is 0 Å². The lowest BCUT2D eigenvalue weighted by molar-refractivity contribution is 0.0927. The lowest BCUT2D eigenvalue weighted by atomic mass is 9.86. The van der Waals surface area contributed by atoms with Crippen LogP contribution in [0.2, 0.25) is 0 Å². The van der Waals surface area contributed by atoms with Crippen LogP contribution >= 0.6 is 0 Å². The van der Waals surface area contributed by atoms with Gasteiger partial charge in [0.2, 0.25) is 10.0 Å². The number of sulfonamides is 1. The smallest absolute Gasteiger partial charge is 0.251 e. The van der Waals surface area contributed by atoms with E-state index in [-0.39, 0.29) is 11.9 Å². The summed E-state index contributed by atoms with van der Waals surface area (Å²) in [5, 5.41) is 6.64. The zero-order chi connectivity index (χ0) is 22.5. The monoisotopic (exact) mass is 449 g/mol. The number of carbonyl (C=O) groups is 1. The molecule has 1 aromatic carbocycles. The standard InChI is InChI=1S/C24H39N3O3S/c1-24(2,3)31(29,30)27-22-13-9-18(10-14-22)17-25-20-15-11-19(12-16-20)23(28)26-21-7-5-4-6-8-21/h11-12,15-16,18,21-22,25,27H,4-10,13-14,17H2,1-3H3,(H,26,28). The van der Waals surface area contributed by atoms with E-state index in [1.165, 1.54) is 19.3 Å². The molecular weight excluding hydrogens is 410 g/mol. The second-order valence-electron chi connectivity index (χ2n) is 10.2. The zero-order valence-electron chi connectivity index (χ0n) is 19.2. The highest BCUT2D eigenvalue weighted by Crippen LogP contribution is 2.27. The van der Waals surface area contributed by atoms with Crippen molar-refractivity contribution in [1.82, 2.24) is 10.0 Å². The van der Waals surface area contributed by atoms with E-state index in [1.54, 1.807) is 20.8 Å². The lowest BCUT2D eigenvalue weighted by Crippen LogP contribution is -2.46. The second-order valence-corrected chi connectivity index (χ2v) is 12.7. The number of anilines is 1. The van der Waals surface area contributed by atoms with Crippen LogP contribution in [0.1, 0.15) is 88.9 Å². The first-order chi connectivity index (χ1) is 14.6. The van der Waals surface area contributed by atoms with E-state index in [4.69, 9.17) is 0 Å². The fourth-order valence-corrected chi connectivity index (χ4v) is 5.43. The Kier molecular flexibility index (Phi) is 8.03. The number of amides is 1. The summed E-state index contributed by atoms with van der Waals surface area (Å²) in [5.74, 6) is 0.555. The molecule has 0 heterocycles. The van der Waals surface area contributed by atoms with Crippen LogP contribution in [0.3, 0.4) is 0 Å². The first-order valence-electron chi connectivity index (χ1n) is 11.8. The molecule has 1 amide bonds. The summed E-state index contributed by atoms with van der Waals surface area (Å²) in [6.45, 7) is 6.06. The van der Waals surface area contributed by atoms with Gasteiger partial charge in [0.05, 0.1) is 4.75 Å². The van der Waals surface area contributed by atoms with Gasteiger partial charge in [-0.2, -0.15) is 0 Å². The summed E-state index contributed by atoms with van der Waals surface area (Å²) in [6, 6.07) is 8.08. The van der Waals surface area contributed by atoms with Crippen molar-refractivity contribution in [3.05, 3.63) is 29.8 Å². The molecule has 2 fully saturated rings. The number of nitrogens with one attached hydrogen (secondary N) is 3. The topological polar surface area (TPSA) is 87.3 Å². The van der Waals surface area contributed by atoms with Gasteiger partial charge in [-0.3, -0.25) is 4.79 Å². The highest BCUT2D eigenvalue weighted by atomic mass is 32.2. The molecule has 7 heteroatoms. The Labute approximate surface area is 188 Å². The molecule has 31 heavy (non-hydrogen) atoms. The first-order valence-corrected chi connectivity index (χ1v) is 13.3. The third kappa shape index (κ3) is 6.94. The van der Waals surface area contributed by atoms with Gasteiger partial charge in [0.25, 0.3) is 5.91 Å². The van der Waals surface area contributed by atoms with Crippen molar-refractivity contribution >= 4 is 21.6 Å². The van der Waals surface area contributed by atoms with Crippen molar-refractivity contribution in [3.63, 3.8) is 0 Å². The van der Waals surface area contributed by atoms with E-state index in [0.717, 1.165) is 50.8 Å². The average Bonchev–Trinajstić information content (AvgIpc) is 2.73. The molecule has 3 N–H and O–H groups in total. The molecule has 0 bridgehead atoms. The van der Waals surface area contributed by atoms with E-state index in [9.17, 15) is 13.2 Å². The molecule has 174 valence electrons. The van der Waals surface area contributed by atoms with Crippen LogP contribution in [0, 0.1) is 5.92 Å². The van der Waals surface area contributed by atoms with E-state index < -0.39 is 14.8 Å². The Morgan fingerprint density at radius 2 is 1.52 bits per heavy atom. The fourth-order valence-electron chi connectivity index (χ4n) is 4.40. The third-order valence-electron chi connectivity index (χ3n) is 6.66. The van der Waals surface area contributed by atoms with Crippen LogP contribution in [0.4, 0.5) is 5.69 Å². The maximum atomic E-state index is 12.4. The van der Waals surface area contributed by atoms with Gasteiger partial charge >= 0.3 is 0 Å². The van der Waals surface area contributed by atoms with Crippen LogP contribution in [0.5, 0.6) is 0 Å². The van der Waals surface area contributed by atoms with Crippen molar-refractivity contribution in [2.24, 2.45) is 5.92 Å². The highest BCUT2D eigenvalue weighted by molar-refractivity contribution is 7.90. The van der Waals surface area contributed by atoms with Crippen molar-refractivity contribution in [2.45, 2.75) is 95.4 Å². The molecule has 2 saturated carbocycles. The second kappa shape index (κ2) is 10.3. The van der Waals surface area contributed by atoms with Crippen LogP contribution in [0.25, 0.3) is 0 Å². The molecule has 0 saturated heterocycles. The van der Waals surface area contributed by atoms with Gasteiger partial charge in [0, 0.05) is 29.9 Å². The van der Waals surface area contributed by atoms with E-state index in [2.05, 4.69) is 15.4 Å². The van der Waals surface area contributed by atoms with Gasteiger partial charge in [0.15, 0.2) is 0 Å². The predicted octanol–water partition coefficient (Wildman–Crippen LogP) is 4.44. The molecule has 0 atom stereocenters. The van der Waals surface area contributed by atoms with Gasteiger partial charge in [-0.25, -0.2) is 13.1 Å². The molecule has 0 aromatic heterocycles. The van der Waals surface area contributed by atoms with Gasteiger partial charge < -0.3 is 10.6 Å². The van der Waals surface area contributed by atoms with Crippen molar-refractivity contribution < 1.29 is 13.2 Å². The molecule has 0 unspecified atom stereocenters. The van der Waals surface area contributed by atoms with Gasteiger partial charge in [0.1, 0.15) is 0 Å². The molecular formula is C24H39N3O3S. The zero-order valence-corrected chi connectivity index (χ0v) is 20.1. The normalized spacial score (nSPS) is 23.3. The summed E-state index contributed by atoms with van der Waals surface area (Å²) in [4.78, 5) is 12.4. The molecule has 0 spiro atoms. The van der Waals surface area contributed by atoms with Crippen LogP contribution in [-0.2, 0) is 10.0 Å². The summed E-state index contributed by atoms with van der Waals surface area (Å²) in [5.41, 5.74) is 1.73. The Bertz CT molecular complexity index is 817. The van der Waals surface area contributed by atoms with Crippen molar-refractivity contribution in [3.8, 4) is 0 Å². The number of rotatable bonds is 7. The summed E-state index contributed by atoms with van der Waals surface area (Å²) < 4.78 is 26.8. The quantitative estimate of drug-likeness (QED) is 0.574. The van der Waals surface area contributed by atoms with Crippen molar-refractivity contribution in [1.29, 1.82) is 0 Å². The molecule has 6 nitrogen and oxygen atoms in total. The Hall–Kier alpha value is -1.60. The molecule has 2 aliphatic carbocycles. The summed E-state index contributed by atoms with van der Waals surface area (Å²) in [6.07, 6.45) is 9.64. The molecule has 0 aliphatic heterocycles. The fraction of sp³-hybridized carbons (Fsp3) is 0.708. The Morgan fingerprint density at radius 3 is 2.10 bits per heavy atom. The Morgan fingerprint density at radius 1 is 0.903 bits per heavy atom. The predicted molar refractivity (Wildman–Crippen MR) is 127 cm³/mol. The van der Waals surface area contributed by atoms with E-state index in [0.29, 0.717) is 17.5 Å². The van der Waals surface area contributed by atoms with Crippen molar-refractivity contribution in [2.75, 3.05) is 11.9 Å². The number of hydrogen-bond acceptors (Lipinski definition) is 4. The first kappa shape index (κ1) is 24.1.